The first-order valence-corrected chi connectivity index (χ1v) is 6.21. The lowest BCUT2D eigenvalue weighted by Crippen LogP contribution is -2.23. The van der Waals surface area contributed by atoms with Crippen molar-refractivity contribution < 1.29 is 4.79 Å². The molecule has 0 unspecified atom stereocenters. The zero-order valence-corrected chi connectivity index (χ0v) is 10.6. The molecular formula is C15H22O. The van der Waals surface area contributed by atoms with Crippen LogP contribution in [0.1, 0.15) is 40.0 Å². The van der Waals surface area contributed by atoms with Crippen LogP contribution >= 0.6 is 0 Å². The first-order chi connectivity index (χ1) is 7.45. The average molecular weight is 218 g/mol. The third-order valence-electron chi connectivity index (χ3n) is 5.12. The van der Waals surface area contributed by atoms with Crippen molar-refractivity contribution in [3.8, 4) is 0 Å². The smallest absolute Gasteiger partial charge is 0.120 e. The van der Waals surface area contributed by atoms with Crippen molar-refractivity contribution in [3.63, 3.8) is 0 Å². The van der Waals surface area contributed by atoms with Gasteiger partial charge in [0.15, 0.2) is 0 Å². The Bertz CT molecular complexity index is 350. The zero-order valence-electron chi connectivity index (χ0n) is 10.6. The van der Waals surface area contributed by atoms with Crippen molar-refractivity contribution in [1.82, 2.24) is 0 Å². The Morgan fingerprint density at radius 2 is 2.19 bits per heavy atom. The molecule has 0 aromatic rings. The number of rotatable bonds is 3. The van der Waals surface area contributed by atoms with Crippen molar-refractivity contribution in [1.29, 1.82) is 0 Å². The SMILES string of the molecule is C=C[C@@]1(CC=O)C[C@@H]2[C@@H](C=C(C)C2(C)C)C1. The second-order valence-corrected chi connectivity index (χ2v) is 6.19. The third-order valence-corrected chi connectivity index (χ3v) is 5.12. The second kappa shape index (κ2) is 3.58. The van der Waals surface area contributed by atoms with E-state index >= 15 is 0 Å². The van der Waals surface area contributed by atoms with E-state index in [9.17, 15) is 4.79 Å². The summed E-state index contributed by atoms with van der Waals surface area (Å²) in [6.07, 6.45) is 8.40. The van der Waals surface area contributed by atoms with Crippen LogP contribution < -0.4 is 0 Å². The van der Waals surface area contributed by atoms with Crippen LogP contribution in [0.15, 0.2) is 24.3 Å². The van der Waals surface area contributed by atoms with Crippen LogP contribution in [-0.2, 0) is 4.79 Å². The van der Waals surface area contributed by atoms with Gasteiger partial charge < -0.3 is 4.79 Å². The van der Waals surface area contributed by atoms with E-state index in [-0.39, 0.29) is 5.41 Å². The topological polar surface area (TPSA) is 17.1 Å². The lowest BCUT2D eigenvalue weighted by molar-refractivity contribution is -0.109. The number of allylic oxidation sites excluding steroid dienone is 3. The molecular weight excluding hydrogens is 196 g/mol. The molecule has 0 radical (unpaired) electrons. The van der Waals surface area contributed by atoms with Gasteiger partial charge in [-0.25, -0.2) is 0 Å². The molecule has 1 fully saturated rings. The van der Waals surface area contributed by atoms with Gasteiger partial charge in [-0.1, -0.05) is 31.6 Å². The molecule has 1 saturated carbocycles. The molecule has 1 nitrogen and oxygen atoms in total. The van der Waals surface area contributed by atoms with E-state index in [0.29, 0.717) is 23.7 Å². The summed E-state index contributed by atoms with van der Waals surface area (Å²) in [5.74, 6) is 1.36. The Hall–Kier alpha value is -0.850. The van der Waals surface area contributed by atoms with Gasteiger partial charge in [-0.05, 0) is 42.4 Å². The highest BCUT2D eigenvalue weighted by molar-refractivity contribution is 5.52. The maximum Gasteiger partial charge on any atom is 0.120 e. The molecule has 0 bridgehead atoms. The summed E-state index contributed by atoms with van der Waals surface area (Å²) < 4.78 is 0. The fourth-order valence-corrected chi connectivity index (χ4v) is 3.66. The minimum absolute atomic E-state index is 0.0750. The largest absolute Gasteiger partial charge is 0.303 e. The quantitative estimate of drug-likeness (QED) is 0.520. The number of hydrogen-bond donors (Lipinski definition) is 0. The Kier molecular flexibility index (Phi) is 2.60. The minimum atomic E-state index is 0.0750. The predicted molar refractivity (Wildman–Crippen MR) is 67.1 cm³/mol. The molecule has 0 aliphatic heterocycles. The van der Waals surface area contributed by atoms with Crippen molar-refractivity contribution >= 4 is 6.29 Å². The number of carbonyl (C=O) groups excluding carboxylic acids is 1. The van der Waals surface area contributed by atoms with Crippen LogP contribution in [0.5, 0.6) is 0 Å². The predicted octanol–water partition coefficient (Wildman–Crippen LogP) is 3.76. The Morgan fingerprint density at radius 3 is 2.69 bits per heavy atom. The summed E-state index contributed by atoms with van der Waals surface area (Å²) in [6, 6.07) is 0. The number of aldehydes is 1. The average Bonchev–Trinajstić information content (AvgIpc) is 2.67. The molecule has 0 amide bonds. The number of carbonyl (C=O) groups is 1. The maximum absolute atomic E-state index is 10.8. The maximum atomic E-state index is 10.8. The molecule has 0 aromatic carbocycles. The molecule has 88 valence electrons. The normalized spacial score (nSPS) is 40.3. The van der Waals surface area contributed by atoms with E-state index in [1.54, 1.807) is 0 Å². The fourth-order valence-electron chi connectivity index (χ4n) is 3.66. The Labute approximate surface area is 98.6 Å². The van der Waals surface area contributed by atoms with E-state index in [1.165, 1.54) is 5.57 Å². The van der Waals surface area contributed by atoms with Crippen LogP contribution in [0, 0.1) is 22.7 Å². The van der Waals surface area contributed by atoms with E-state index in [2.05, 4.69) is 33.4 Å². The van der Waals surface area contributed by atoms with E-state index in [0.717, 1.165) is 19.1 Å². The van der Waals surface area contributed by atoms with Crippen LogP contribution in [0.3, 0.4) is 0 Å². The monoisotopic (exact) mass is 218 g/mol. The van der Waals surface area contributed by atoms with Gasteiger partial charge in [0, 0.05) is 6.42 Å². The molecule has 0 saturated heterocycles. The molecule has 2 aliphatic carbocycles. The van der Waals surface area contributed by atoms with Crippen molar-refractivity contribution in [2.75, 3.05) is 0 Å². The highest BCUT2D eigenvalue weighted by Crippen LogP contribution is 2.60. The third kappa shape index (κ3) is 1.49. The molecule has 16 heavy (non-hydrogen) atoms. The van der Waals surface area contributed by atoms with E-state index < -0.39 is 0 Å². The van der Waals surface area contributed by atoms with E-state index in [4.69, 9.17) is 0 Å². The summed E-state index contributed by atoms with van der Waals surface area (Å²) >= 11 is 0. The standard InChI is InChI=1S/C15H22O/c1-5-15(6-7-16)9-12-8-11(2)14(3,4)13(12)10-15/h5,7-8,12-13H,1,6,9-10H2,2-4H3/t12-,13+,15-/m0/s1. The Morgan fingerprint density at radius 1 is 1.50 bits per heavy atom. The molecule has 0 spiro atoms. The van der Waals surface area contributed by atoms with Crippen LogP contribution in [0.2, 0.25) is 0 Å². The fraction of sp³-hybridized carbons (Fsp3) is 0.667. The highest BCUT2D eigenvalue weighted by atomic mass is 16.1. The van der Waals surface area contributed by atoms with Gasteiger partial charge >= 0.3 is 0 Å². The molecule has 0 heterocycles. The highest BCUT2D eigenvalue weighted by Gasteiger charge is 2.51. The van der Waals surface area contributed by atoms with Gasteiger partial charge in [-0.2, -0.15) is 0 Å². The van der Waals surface area contributed by atoms with Gasteiger partial charge in [0.25, 0.3) is 0 Å². The van der Waals surface area contributed by atoms with Gasteiger partial charge in [0.2, 0.25) is 0 Å². The minimum Gasteiger partial charge on any atom is -0.303 e. The van der Waals surface area contributed by atoms with Crippen molar-refractivity contribution in [2.24, 2.45) is 22.7 Å². The molecule has 1 heteroatoms. The molecule has 0 aromatic heterocycles. The van der Waals surface area contributed by atoms with Crippen LogP contribution in [-0.4, -0.2) is 6.29 Å². The van der Waals surface area contributed by atoms with Crippen molar-refractivity contribution in [2.45, 2.75) is 40.0 Å². The van der Waals surface area contributed by atoms with Gasteiger partial charge in [-0.3, -0.25) is 0 Å². The second-order valence-electron chi connectivity index (χ2n) is 6.19. The van der Waals surface area contributed by atoms with Crippen molar-refractivity contribution in [3.05, 3.63) is 24.3 Å². The molecule has 3 atom stereocenters. The number of fused-ring (bicyclic) bond motifs is 1. The summed E-state index contributed by atoms with van der Waals surface area (Å²) in [6.45, 7) is 10.9. The van der Waals surface area contributed by atoms with Gasteiger partial charge in [0.05, 0.1) is 0 Å². The van der Waals surface area contributed by atoms with Gasteiger partial charge in [-0.15, -0.1) is 6.58 Å². The zero-order chi connectivity index (χ0) is 12.0. The summed E-state index contributed by atoms with van der Waals surface area (Å²) in [4.78, 5) is 10.8. The van der Waals surface area contributed by atoms with Crippen LogP contribution in [0.4, 0.5) is 0 Å². The summed E-state index contributed by atoms with van der Waals surface area (Å²) in [7, 11) is 0. The lowest BCUT2D eigenvalue weighted by Gasteiger charge is -2.31. The van der Waals surface area contributed by atoms with Crippen LogP contribution in [0.25, 0.3) is 0 Å². The Balaban J connectivity index is 2.27. The first kappa shape index (κ1) is 11.6. The van der Waals surface area contributed by atoms with Gasteiger partial charge in [0.1, 0.15) is 6.29 Å². The summed E-state index contributed by atoms with van der Waals surface area (Å²) in [5.41, 5.74) is 1.90. The summed E-state index contributed by atoms with van der Waals surface area (Å²) in [5, 5.41) is 0. The van der Waals surface area contributed by atoms with E-state index in [1.807, 2.05) is 6.08 Å². The number of hydrogen-bond acceptors (Lipinski definition) is 1. The lowest BCUT2D eigenvalue weighted by atomic mass is 9.73. The molecule has 0 N–H and O–H groups in total. The molecule has 2 rings (SSSR count). The molecule has 2 aliphatic rings. The first-order valence-electron chi connectivity index (χ1n) is 6.21.